The molecular weight excluding hydrogens is 402 g/mol. The highest BCUT2D eigenvalue weighted by molar-refractivity contribution is 5.73. The third kappa shape index (κ3) is 2.53. The molecule has 0 radical (unpaired) electrons. The molecular formula is C23H25NO7. The fraction of sp³-hybridized carbons (Fsp3) is 0.522. The minimum Gasteiger partial charge on any atom is -0.504 e. The summed E-state index contributed by atoms with van der Waals surface area (Å²) in [5, 5.41) is 29.7. The van der Waals surface area contributed by atoms with Gasteiger partial charge in [-0.05, 0) is 44.1 Å². The predicted molar refractivity (Wildman–Crippen MR) is 108 cm³/mol. The lowest BCUT2D eigenvalue weighted by Crippen LogP contribution is -2.65. The third-order valence-electron chi connectivity index (χ3n) is 7.72. The molecule has 0 amide bonds. The summed E-state index contributed by atoms with van der Waals surface area (Å²) in [6.45, 7) is 0.920. The van der Waals surface area contributed by atoms with E-state index >= 15 is 0 Å². The van der Waals surface area contributed by atoms with Crippen molar-refractivity contribution in [2.75, 3.05) is 13.6 Å². The van der Waals surface area contributed by atoms with Gasteiger partial charge in [-0.2, -0.15) is 0 Å². The molecule has 0 aromatic heterocycles. The van der Waals surface area contributed by atoms with E-state index in [4.69, 9.17) is 14.2 Å². The molecule has 0 saturated carbocycles. The van der Waals surface area contributed by atoms with Gasteiger partial charge in [-0.15, -0.1) is 0 Å². The Morgan fingerprint density at radius 2 is 2.10 bits per heavy atom. The highest BCUT2D eigenvalue weighted by atomic mass is 16.7. The number of phenols is 1. The molecule has 1 fully saturated rings. The Kier molecular flexibility index (Phi) is 4.08. The number of aliphatic carboxylic acids is 1. The molecule has 2 bridgehead atoms. The number of likely N-dealkylation sites (N-methyl/N-ethyl adjacent to an activating group) is 1. The lowest BCUT2D eigenvalue weighted by molar-refractivity contribution is -0.212. The van der Waals surface area contributed by atoms with Gasteiger partial charge in [0.2, 0.25) is 0 Å². The van der Waals surface area contributed by atoms with Crippen LogP contribution in [0.2, 0.25) is 0 Å². The number of carboxylic acid groups (broad SMARTS) is 1. The number of phenolic OH excluding ortho intramolecular Hbond substituents is 1. The molecule has 8 atom stereocenters. The zero-order chi connectivity index (χ0) is 21.5. The van der Waals surface area contributed by atoms with Gasteiger partial charge in [-0.3, -0.25) is 0 Å². The zero-order valence-electron chi connectivity index (χ0n) is 17.0. The molecule has 1 saturated heterocycles. The summed E-state index contributed by atoms with van der Waals surface area (Å²) in [4.78, 5) is 13.8. The van der Waals surface area contributed by atoms with Crippen LogP contribution in [0.5, 0.6) is 11.5 Å². The number of benzene rings is 1. The van der Waals surface area contributed by atoms with Gasteiger partial charge in [0, 0.05) is 22.9 Å². The van der Waals surface area contributed by atoms with Gasteiger partial charge in [-0.25, -0.2) is 4.79 Å². The van der Waals surface area contributed by atoms with E-state index in [1.54, 1.807) is 6.07 Å². The van der Waals surface area contributed by atoms with Gasteiger partial charge in [-0.1, -0.05) is 24.3 Å². The fourth-order valence-electron chi connectivity index (χ4n) is 6.35. The summed E-state index contributed by atoms with van der Waals surface area (Å²) < 4.78 is 18.1. The van der Waals surface area contributed by atoms with Crippen LogP contribution in [0.3, 0.4) is 0 Å². The molecule has 31 heavy (non-hydrogen) atoms. The molecule has 3 aliphatic heterocycles. The van der Waals surface area contributed by atoms with Crippen molar-refractivity contribution < 1.29 is 34.3 Å². The van der Waals surface area contributed by atoms with Crippen LogP contribution in [0.25, 0.3) is 0 Å². The van der Waals surface area contributed by atoms with Crippen LogP contribution in [0.4, 0.5) is 0 Å². The summed E-state index contributed by atoms with van der Waals surface area (Å²) in [6, 6.07) is 4.05. The molecule has 6 rings (SSSR count). The topological polar surface area (TPSA) is 109 Å². The van der Waals surface area contributed by atoms with Gasteiger partial charge in [0.05, 0.1) is 0 Å². The number of carbonyl (C=O) groups is 1. The van der Waals surface area contributed by atoms with Crippen LogP contribution in [0.15, 0.2) is 36.4 Å². The minimum absolute atomic E-state index is 0.139. The number of aromatic hydroxyl groups is 1. The van der Waals surface area contributed by atoms with Crippen molar-refractivity contribution in [2.24, 2.45) is 5.92 Å². The standard InChI is InChI=1S/C23H25NO7/c1-24-9-8-23-12-3-6-16(29-17-7-5-15(26)20(30-17)22(27)28)21(23)31-19-14(25)4-2-11(18(19)23)10-13(12)24/h2-7,12-13,15-17,20-21,25-26H,8-10H2,1H3,(H,27,28)/t12-,13+,15?,16-,17?,20?,21-,23?/m0/s1. The Hall–Kier alpha value is -2.39. The van der Waals surface area contributed by atoms with Crippen LogP contribution in [-0.2, 0) is 26.1 Å². The number of rotatable bonds is 3. The van der Waals surface area contributed by atoms with E-state index in [9.17, 15) is 20.1 Å². The highest BCUT2D eigenvalue weighted by Gasteiger charge is 2.64. The number of likely N-dealkylation sites (tertiary alicyclic amines) is 1. The van der Waals surface area contributed by atoms with Gasteiger partial charge < -0.3 is 34.4 Å². The van der Waals surface area contributed by atoms with E-state index in [1.807, 2.05) is 12.1 Å². The average molecular weight is 427 g/mol. The van der Waals surface area contributed by atoms with Crippen molar-refractivity contribution in [3.8, 4) is 11.5 Å². The molecule has 3 heterocycles. The Morgan fingerprint density at radius 3 is 2.90 bits per heavy atom. The zero-order valence-corrected chi connectivity index (χ0v) is 17.0. The van der Waals surface area contributed by atoms with E-state index in [0.29, 0.717) is 11.8 Å². The largest absolute Gasteiger partial charge is 0.504 e. The van der Waals surface area contributed by atoms with Crippen molar-refractivity contribution in [3.63, 3.8) is 0 Å². The lowest BCUT2D eigenvalue weighted by atomic mass is 9.53. The first-order valence-corrected chi connectivity index (χ1v) is 10.7. The molecule has 2 aliphatic carbocycles. The monoisotopic (exact) mass is 427 g/mol. The third-order valence-corrected chi connectivity index (χ3v) is 7.72. The number of carboxylic acids is 1. The van der Waals surface area contributed by atoms with Crippen LogP contribution >= 0.6 is 0 Å². The maximum Gasteiger partial charge on any atom is 0.336 e. The van der Waals surface area contributed by atoms with E-state index in [2.05, 4.69) is 18.0 Å². The molecule has 164 valence electrons. The summed E-state index contributed by atoms with van der Waals surface area (Å²) in [5.41, 5.74) is 2.01. The Labute approximate surface area is 179 Å². The Bertz CT molecular complexity index is 1010. The number of hydrogen-bond acceptors (Lipinski definition) is 7. The lowest BCUT2D eigenvalue weighted by Gasteiger charge is -2.57. The van der Waals surface area contributed by atoms with Crippen LogP contribution in [-0.4, -0.2) is 76.5 Å². The van der Waals surface area contributed by atoms with E-state index < -0.39 is 30.6 Å². The van der Waals surface area contributed by atoms with Crippen molar-refractivity contribution in [1.82, 2.24) is 4.90 Å². The number of piperidine rings is 1. The van der Waals surface area contributed by atoms with Crippen molar-refractivity contribution >= 4 is 5.97 Å². The number of ether oxygens (including phenoxy) is 3. The molecule has 5 aliphatic rings. The second-order valence-electron chi connectivity index (χ2n) is 9.18. The summed E-state index contributed by atoms with van der Waals surface area (Å²) in [7, 11) is 2.16. The van der Waals surface area contributed by atoms with Gasteiger partial charge >= 0.3 is 5.97 Å². The first-order chi connectivity index (χ1) is 14.9. The summed E-state index contributed by atoms with van der Waals surface area (Å²) in [6.07, 6.45) is 4.52. The molecule has 1 aromatic carbocycles. The van der Waals surface area contributed by atoms with Gasteiger partial charge in [0.25, 0.3) is 0 Å². The first kappa shape index (κ1) is 19.3. The van der Waals surface area contributed by atoms with Crippen LogP contribution in [0, 0.1) is 5.92 Å². The van der Waals surface area contributed by atoms with E-state index in [1.165, 1.54) is 17.7 Å². The average Bonchev–Trinajstić information content (AvgIpc) is 3.10. The smallest absolute Gasteiger partial charge is 0.336 e. The maximum atomic E-state index is 11.4. The highest BCUT2D eigenvalue weighted by Crippen LogP contribution is 2.62. The van der Waals surface area contributed by atoms with E-state index in [-0.39, 0.29) is 23.2 Å². The minimum atomic E-state index is -1.38. The summed E-state index contributed by atoms with van der Waals surface area (Å²) in [5.74, 6) is -0.317. The Morgan fingerprint density at radius 1 is 1.26 bits per heavy atom. The van der Waals surface area contributed by atoms with Crippen molar-refractivity contribution in [3.05, 3.63) is 47.6 Å². The molecule has 8 nitrogen and oxygen atoms in total. The molecule has 4 unspecified atom stereocenters. The molecule has 1 spiro atoms. The number of nitrogens with zero attached hydrogens (tertiary/aromatic N) is 1. The van der Waals surface area contributed by atoms with Gasteiger partial charge in [0.15, 0.2) is 23.9 Å². The van der Waals surface area contributed by atoms with E-state index in [0.717, 1.165) is 24.9 Å². The normalized spacial score (nSPS) is 42.2. The first-order valence-electron chi connectivity index (χ1n) is 10.7. The number of aliphatic hydroxyl groups excluding tert-OH is 1. The van der Waals surface area contributed by atoms with Crippen molar-refractivity contribution in [1.29, 1.82) is 0 Å². The predicted octanol–water partition coefficient (Wildman–Crippen LogP) is 0.949. The van der Waals surface area contributed by atoms with Gasteiger partial charge in [0.1, 0.15) is 18.3 Å². The number of aliphatic hydroxyl groups is 1. The molecule has 3 N–H and O–H groups in total. The second-order valence-corrected chi connectivity index (χ2v) is 9.18. The maximum absolute atomic E-state index is 11.4. The van der Waals surface area contributed by atoms with Crippen LogP contribution in [0.1, 0.15) is 17.5 Å². The molecule has 1 aromatic rings. The van der Waals surface area contributed by atoms with Crippen LogP contribution < -0.4 is 4.74 Å². The quantitative estimate of drug-likeness (QED) is 0.612. The second kappa shape index (κ2) is 6.56. The van der Waals surface area contributed by atoms with Crippen molar-refractivity contribution in [2.45, 2.75) is 55.0 Å². The Balaban J connectivity index is 1.38. The SMILES string of the molecule is CN1CCC23c4c5ccc(O)c4O[C@H]2[C@@H](OC2C=CC(O)C(C(=O)O)O2)C=C[C@H]3[C@H]1C5. The summed E-state index contributed by atoms with van der Waals surface area (Å²) >= 11 is 0. The fourth-order valence-corrected chi connectivity index (χ4v) is 6.35. The number of hydrogen-bond donors (Lipinski definition) is 3. The molecule has 8 heteroatoms.